The number of hydrogen-bond acceptors (Lipinski definition) is 6. The standard InChI is InChI=1S/C19H33N5O3/c1-14(2)18-22-17(27-23-18)6-9-21-19(20-3)24-10-7-15(8-11-24)26-13-16-5-4-12-25-16/h14-16H,4-13H2,1-3H3,(H,20,21). The Morgan fingerprint density at radius 2 is 2.15 bits per heavy atom. The third kappa shape index (κ3) is 5.90. The van der Waals surface area contributed by atoms with E-state index in [1.54, 1.807) is 0 Å². The van der Waals surface area contributed by atoms with Crippen molar-refractivity contribution in [2.45, 2.75) is 64.1 Å². The van der Waals surface area contributed by atoms with Gasteiger partial charge in [0.2, 0.25) is 5.89 Å². The van der Waals surface area contributed by atoms with E-state index in [2.05, 4.69) is 39.2 Å². The van der Waals surface area contributed by atoms with E-state index in [-0.39, 0.29) is 5.92 Å². The van der Waals surface area contributed by atoms with Crippen LogP contribution in [-0.4, -0.2) is 73.1 Å². The third-order valence-corrected chi connectivity index (χ3v) is 5.12. The van der Waals surface area contributed by atoms with E-state index in [0.717, 1.165) is 70.3 Å². The number of hydrogen-bond donors (Lipinski definition) is 1. The first-order valence-corrected chi connectivity index (χ1v) is 10.2. The summed E-state index contributed by atoms with van der Waals surface area (Å²) in [5.41, 5.74) is 0. The number of nitrogens with one attached hydrogen (secondary N) is 1. The number of aliphatic imine (C=N–C) groups is 1. The molecule has 8 heteroatoms. The van der Waals surface area contributed by atoms with Gasteiger partial charge in [0.05, 0.1) is 18.8 Å². The Morgan fingerprint density at radius 3 is 2.78 bits per heavy atom. The number of rotatable bonds is 7. The normalized spacial score (nSPS) is 22.0. The van der Waals surface area contributed by atoms with E-state index in [9.17, 15) is 0 Å². The van der Waals surface area contributed by atoms with Crippen LogP contribution in [0.5, 0.6) is 0 Å². The second-order valence-corrected chi connectivity index (χ2v) is 7.58. The maximum absolute atomic E-state index is 6.05. The van der Waals surface area contributed by atoms with Crippen LogP contribution in [0.3, 0.4) is 0 Å². The molecule has 0 radical (unpaired) electrons. The summed E-state index contributed by atoms with van der Waals surface area (Å²) >= 11 is 0. The molecule has 0 spiro atoms. The Balaban J connectivity index is 1.35. The van der Waals surface area contributed by atoms with E-state index >= 15 is 0 Å². The van der Waals surface area contributed by atoms with Gasteiger partial charge in [0.1, 0.15) is 0 Å². The Kier molecular flexibility index (Phi) is 7.46. The Hall–Kier alpha value is -1.67. The predicted octanol–water partition coefficient (Wildman–Crippen LogP) is 1.97. The second-order valence-electron chi connectivity index (χ2n) is 7.58. The number of aromatic nitrogens is 2. The lowest BCUT2D eigenvalue weighted by atomic mass is 10.1. The molecule has 27 heavy (non-hydrogen) atoms. The minimum absolute atomic E-state index is 0.284. The zero-order chi connectivity index (χ0) is 19.1. The van der Waals surface area contributed by atoms with Crippen molar-refractivity contribution in [3.05, 3.63) is 11.7 Å². The SMILES string of the molecule is CN=C(NCCc1nc(C(C)C)no1)N1CCC(OCC2CCCO2)CC1. The summed E-state index contributed by atoms with van der Waals surface area (Å²) < 4.78 is 17.0. The van der Waals surface area contributed by atoms with Crippen molar-refractivity contribution in [2.75, 3.05) is 39.9 Å². The van der Waals surface area contributed by atoms with Crippen LogP contribution < -0.4 is 5.32 Å². The molecule has 1 atom stereocenters. The van der Waals surface area contributed by atoms with Crippen molar-refractivity contribution in [1.82, 2.24) is 20.4 Å². The second kappa shape index (κ2) is 10.0. The van der Waals surface area contributed by atoms with E-state index < -0.39 is 0 Å². The molecule has 1 aromatic heterocycles. The lowest BCUT2D eigenvalue weighted by Crippen LogP contribution is -2.47. The summed E-state index contributed by atoms with van der Waals surface area (Å²) in [7, 11) is 1.83. The minimum Gasteiger partial charge on any atom is -0.376 e. The van der Waals surface area contributed by atoms with Crippen LogP contribution >= 0.6 is 0 Å². The first-order valence-electron chi connectivity index (χ1n) is 10.2. The van der Waals surface area contributed by atoms with Crippen LogP contribution in [0.15, 0.2) is 9.52 Å². The molecule has 2 saturated heterocycles. The fraction of sp³-hybridized carbons (Fsp3) is 0.842. The van der Waals surface area contributed by atoms with E-state index in [1.807, 2.05) is 7.05 Å². The van der Waals surface area contributed by atoms with Gasteiger partial charge in [-0.15, -0.1) is 0 Å². The largest absolute Gasteiger partial charge is 0.376 e. The first kappa shape index (κ1) is 20.1. The lowest BCUT2D eigenvalue weighted by Gasteiger charge is -2.34. The van der Waals surface area contributed by atoms with Gasteiger partial charge in [-0.05, 0) is 25.7 Å². The molecule has 2 aliphatic rings. The van der Waals surface area contributed by atoms with Crippen molar-refractivity contribution < 1.29 is 14.0 Å². The molecule has 2 fully saturated rings. The highest BCUT2D eigenvalue weighted by Crippen LogP contribution is 2.18. The fourth-order valence-electron chi connectivity index (χ4n) is 3.47. The molecule has 1 aromatic rings. The molecule has 0 bridgehead atoms. The summed E-state index contributed by atoms with van der Waals surface area (Å²) in [6.45, 7) is 8.37. The first-order chi connectivity index (χ1) is 13.2. The van der Waals surface area contributed by atoms with Crippen LogP contribution in [0, 0.1) is 0 Å². The molecule has 0 aromatic carbocycles. The summed E-state index contributed by atoms with van der Waals surface area (Å²) in [4.78, 5) is 11.1. The van der Waals surface area contributed by atoms with Crippen LogP contribution in [0.2, 0.25) is 0 Å². The highest BCUT2D eigenvalue weighted by atomic mass is 16.5. The summed E-state index contributed by atoms with van der Waals surface area (Å²) in [5.74, 6) is 2.64. The Morgan fingerprint density at radius 1 is 1.33 bits per heavy atom. The van der Waals surface area contributed by atoms with E-state index in [4.69, 9.17) is 14.0 Å². The summed E-state index contributed by atoms with van der Waals surface area (Å²) in [6, 6.07) is 0. The fourth-order valence-corrected chi connectivity index (χ4v) is 3.47. The molecule has 0 amide bonds. The number of nitrogens with zero attached hydrogens (tertiary/aromatic N) is 4. The quantitative estimate of drug-likeness (QED) is 0.573. The Labute approximate surface area is 161 Å². The highest BCUT2D eigenvalue weighted by molar-refractivity contribution is 5.79. The van der Waals surface area contributed by atoms with Gasteiger partial charge >= 0.3 is 0 Å². The molecular formula is C19H33N5O3. The van der Waals surface area contributed by atoms with E-state index in [1.165, 1.54) is 0 Å². The molecule has 0 saturated carbocycles. The van der Waals surface area contributed by atoms with Gasteiger partial charge in [0, 0.05) is 45.6 Å². The topological polar surface area (TPSA) is 85.0 Å². The van der Waals surface area contributed by atoms with Crippen LogP contribution in [0.4, 0.5) is 0 Å². The van der Waals surface area contributed by atoms with Crippen molar-refractivity contribution in [2.24, 2.45) is 4.99 Å². The van der Waals surface area contributed by atoms with Crippen molar-refractivity contribution in [3.63, 3.8) is 0 Å². The molecule has 3 rings (SSSR count). The van der Waals surface area contributed by atoms with Crippen LogP contribution in [0.25, 0.3) is 0 Å². The number of guanidine groups is 1. The van der Waals surface area contributed by atoms with Gasteiger partial charge in [-0.3, -0.25) is 4.99 Å². The number of ether oxygens (including phenoxy) is 2. The van der Waals surface area contributed by atoms with Gasteiger partial charge in [0.25, 0.3) is 0 Å². The maximum atomic E-state index is 6.05. The van der Waals surface area contributed by atoms with Crippen molar-refractivity contribution >= 4 is 5.96 Å². The molecule has 8 nitrogen and oxygen atoms in total. The van der Waals surface area contributed by atoms with Crippen LogP contribution in [0.1, 0.15) is 57.2 Å². The molecule has 152 valence electrons. The highest BCUT2D eigenvalue weighted by Gasteiger charge is 2.24. The molecule has 3 heterocycles. The third-order valence-electron chi connectivity index (χ3n) is 5.12. The average Bonchev–Trinajstić information content (AvgIpc) is 3.36. The zero-order valence-electron chi connectivity index (χ0n) is 16.8. The minimum atomic E-state index is 0.284. The monoisotopic (exact) mass is 379 g/mol. The molecule has 1 unspecified atom stereocenters. The smallest absolute Gasteiger partial charge is 0.228 e. The van der Waals surface area contributed by atoms with Gasteiger partial charge in [-0.2, -0.15) is 4.98 Å². The average molecular weight is 380 g/mol. The van der Waals surface area contributed by atoms with Gasteiger partial charge in [-0.25, -0.2) is 0 Å². The van der Waals surface area contributed by atoms with Gasteiger partial charge in [-0.1, -0.05) is 19.0 Å². The van der Waals surface area contributed by atoms with Crippen LogP contribution in [-0.2, 0) is 15.9 Å². The van der Waals surface area contributed by atoms with Crippen molar-refractivity contribution in [1.29, 1.82) is 0 Å². The van der Waals surface area contributed by atoms with Crippen molar-refractivity contribution in [3.8, 4) is 0 Å². The maximum Gasteiger partial charge on any atom is 0.228 e. The zero-order valence-corrected chi connectivity index (χ0v) is 16.8. The molecule has 1 N–H and O–H groups in total. The lowest BCUT2D eigenvalue weighted by molar-refractivity contribution is -0.0367. The number of likely N-dealkylation sites (tertiary alicyclic amines) is 1. The Bertz CT molecular complexity index is 590. The number of piperidine rings is 1. The molecule has 2 aliphatic heterocycles. The summed E-state index contributed by atoms with van der Waals surface area (Å²) in [6.07, 6.45) is 5.67. The molecule has 0 aliphatic carbocycles. The van der Waals surface area contributed by atoms with Gasteiger partial charge < -0.3 is 24.2 Å². The van der Waals surface area contributed by atoms with E-state index in [0.29, 0.717) is 24.5 Å². The summed E-state index contributed by atoms with van der Waals surface area (Å²) in [5, 5.41) is 7.41. The predicted molar refractivity (Wildman–Crippen MR) is 103 cm³/mol. The molecular weight excluding hydrogens is 346 g/mol. The van der Waals surface area contributed by atoms with Gasteiger partial charge in [0.15, 0.2) is 11.8 Å².